The number of ether oxygens (including phenoxy) is 1. The van der Waals surface area contributed by atoms with Crippen LogP contribution in [0.2, 0.25) is 0 Å². The molecule has 1 saturated heterocycles. The number of nitrogens with zero attached hydrogens (tertiary/aromatic N) is 3. The Morgan fingerprint density at radius 3 is 2.97 bits per heavy atom. The molecule has 2 aromatic heterocycles. The summed E-state index contributed by atoms with van der Waals surface area (Å²) in [6.07, 6.45) is 1.24. The predicted octanol–water partition coefficient (Wildman–Crippen LogP) is 4.93. The van der Waals surface area contributed by atoms with Crippen LogP contribution in [0.4, 0.5) is 14.9 Å². The number of hydrogen-bond donors (Lipinski definition) is 1. The van der Waals surface area contributed by atoms with Crippen LogP contribution in [0.25, 0.3) is 22.4 Å². The molecule has 0 saturated carbocycles. The van der Waals surface area contributed by atoms with Crippen molar-refractivity contribution in [3.8, 4) is 11.4 Å². The van der Waals surface area contributed by atoms with Gasteiger partial charge in [0.25, 0.3) is 0 Å². The van der Waals surface area contributed by atoms with E-state index < -0.39 is 11.7 Å². The van der Waals surface area contributed by atoms with Crippen molar-refractivity contribution in [2.45, 2.75) is 32.2 Å². The van der Waals surface area contributed by atoms with E-state index in [0.29, 0.717) is 41.6 Å². The standard InChI is InChI=1S/C26H25FN4O5/c1-2-34-26(33)28-20-8-9-21-18(12-23(32)35-22(21)13-20)15-31-10-4-6-17(14-31)25-29-24(30-36-25)16-5-3-7-19(27)11-16/h3,5,7-9,11-13,17H,2,4,6,10,14-15H2,1H3,(H,28,33). The molecule has 10 heteroatoms. The van der Waals surface area contributed by atoms with Crippen molar-refractivity contribution in [2.24, 2.45) is 0 Å². The highest BCUT2D eigenvalue weighted by molar-refractivity contribution is 5.90. The van der Waals surface area contributed by atoms with Crippen LogP contribution in [-0.4, -0.2) is 40.8 Å². The summed E-state index contributed by atoms with van der Waals surface area (Å²) >= 11 is 0. The Hall–Kier alpha value is -4.05. The second kappa shape index (κ2) is 10.3. The Bertz CT molecular complexity index is 1450. The maximum absolute atomic E-state index is 13.6. The van der Waals surface area contributed by atoms with Gasteiger partial charge in [-0.15, -0.1) is 0 Å². The molecule has 1 aliphatic heterocycles. The van der Waals surface area contributed by atoms with Crippen molar-refractivity contribution in [1.29, 1.82) is 0 Å². The van der Waals surface area contributed by atoms with Crippen LogP contribution in [0.5, 0.6) is 0 Å². The number of halogens is 1. The second-order valence-electron chi connectivity index (χ2n) is 8.69. The van der Waals surface area contributed by atoms with Crippen molar-refractivity contribution in [2.75, 3.05) is 25.0 Å². The minimum absolute atomic E-state index is 0.0281. The fourth-order valence-electron chi connectivity index (χ4n) is 4.51. The van der Waals surface area contributed by atoms with E-state index in [1.54, 1.807) is 31.2 Å². The molecule has 1 fully saturated rings. The Morgan fingerprint density at radius 1 is 1.25 bits per heavy atom. The van der Waals surface area contributed by atoms with Gasteiger partial charge in [-0.05, 0) is 56.1 Å². The van der Waals surface area contributed by atoms with Gasteiger partial charge in [-0.3, -0.25) is 10.2 Å². The molecular formula is C26H25FN4O5. The summed E-state index contributed by atoms with van der Waals surface area (Å²) in [5.41, 5.74) is 1.80. The maximum atomic E-state index is 13.6. The molecule has 0 bridgehead atoms. The number of aromatic nitrogens is 2. The third-order valence-electron chi connectivity index (χ3n) is 6.13. The topological polar surface area (TPSA) is 111 Å². The zero-order valence-electron chi connectivity index (χ0n) is 19.7. The summed E-state index contributed by atoms with van der Waals surface area (Å²) in [5, 5.41) is 7.45. The number of hydrogen-bond acceptors (Lipinski definition) is 8. The number of benzene rings is 2. The normalized spacial score (nSPS) is 16.2. The first-order valence-electron chi connectivity index (χ1n) is 11.8. The number of fused-ring (bicyclic) bond motifs is 1. The molecule has 36 heavy (non-hydrogen) atoms. The molecule has 0 spiro atoms. The number of rotatable bonds is 6. The van der Waals surface area contributed by atoms with Crippen LogP contribution in [0.15, 0.2) is 62.3 Å². The number of carbonyl (C=O) groups excluding carboxylic acids is 1. The smallest absolute Gasteiger partial charge is 0.411 e. The van der Waals surface area contributed by atoms with E-state index in [1.807, 2.05) is 6.07 Å². The molecule has 2 aromatic carbocycles. The van der Waals surface area contributed by atoms with Crippen molar-refractivity contribution in [1.82, 2.24) is 15.0 Å². The molecule has 1 atom stereocenters. The first kappa shape index (κ1) is 23.7. The van der Waals surface area contributed by atoms with Crippen molar-refractivity contribution in [3.63, 3.8) is 0 Å². The first-order valence-corrected chi connectivity index (χ1v) is 11.8. The molecule has 3 heterocycles. The van der Waals surface area contributed by atoms with Gasteiger partial charge in [0.1, 0.15) is 11.4 Å². The van der Waals surface area contributed by atoms with Gasteiger partial charge >= 0.3 is 11.7 Å². The predicted molar refractivity (Wildman–Crippen MR) is 130 cm³/mol. The van der Waals surface area contributed by atoms with E-state index in [9.17, 15) is 14.0 Å². The monoisotopic (exact) mass is 492 g/mol. The van der Waals surface area contributed by atoms with E-state index >= 15 is 0 Å². The number of piperidine rings is 1. The Morgan fingerprint density at radius 2 is 2.14 bits per heavy atom. The SMILES string of the molecule is CCOC(=O)Nc1ccc2c(CN3CCCC(c4nc(-c5cccc(F)c5)no4)C3)cc(=O)oc2c1. The Labute approximate surface area is 205 Å². The van der Waals surface area contributed by atoms with Gasteiger partial charge in [0.15, 0.2) is 0 Å². The Balaban J connectivity index is 1.32. The number of anilines is 1. The van der Waals surface area contributed by atoms with Gasteiger partial charge < -0.3 is 13.7 Å². The molecule has 1 aliphatic rings. The van der Waals surface area contributed by atoms with Gasteiger partial charge in [-0.25, -0.2) is 14.0 Å². The summed E-state index contributed by atoms with van der Waals surface area (Å²) in [6.45, 7) is 4.04. The Kier molecular flexibility index (Phi) is 6.77. The van der Waals surface area contributed by atoms with E-state index in [0.717, 1.165) is 30.3 Å². The number of nitrogens with one attached hydrogen (secondary N) is 1. The second-order valence-corrected chi connectivity index (χ2v) is 8.69. The number of likely N-dealkylation sites (tertiary alicyclic amines) is 1. The maximum Gasteiger partial charge on any atom is 0.411 e. The molecule has 1 amide bonds. The third-order valence-corrected chi connectivity index (χ3v) is 6.13. The molecule has 1 unspecified atom stereocenters. The summed E-state index contributed by atoms with van der Waals surface area (Å²) in [5.74, 6) is 0.554. The van der Waals surface area contributed by atoms with Gasteiger partial charge in [0.05, 0.1) is 12.5 Å². The van der Waals surface area contributed by atoms with Crippen LogP contribution in [0.1, 0.15) is 37.1 Å². The third kappa shape index (κ3) is 5.28. The lowest BCUT2D eigenvalue weighted by Crippen LogP contribution is -2.34. The van der Waals surface area contributed by atoms with E-state index in [4.69, 9.17) is 13.7 Å². The minimum Gasteiger partial charge on any atom is -0.450 e. The lowest BCUT2D eigenvalue weighted by Gasteiger charge is -2.31. The van der Waals surface area contributed by atoms with E-state index in [1.165, 1.54) is 18.2 Å². The zero-order valence-corrected chi connectivity index (χ0v) is 19.7. The lowest BCUT2D eigenvalue weighted by molar-refractivity contribution is 0.168. The summed E-state index contributed by atoms with van der Waals surface area (Å²) in [6, 6.07) is 12.8. The molecule has 0 radical (unpaired) electrons. The number of carbonyl (C=O) groups is 1. The van der Waals surface area contributed by atoms with Crippen molar-refractivity contribution in [3.05, 3.63) is 76.2 Å². The molecule has 5 rings (SSSR count). The molecule has 9 nitrogen and oxygen atoms in total. The van der Waals surface area contributed by atoms with Gasteiger partial charge in [0.2, 0.25) is 11.7 Å². The highest BCUT2D eigenvalue weighted by atomic mass is 19.1. The first-order chi connectivity index (χ1) is 17.5. The average molecular weight is 493 g/mol. The minimum atomic E-state index is -0.573. The van der Waals surface area contributed by atoms with Crippen LogP contribution in [0.3, 0.4) is 0 Å². The summed E-state index contributed by atoms with van der Waals surface area (Å²) < 4.78 is 29.4. The highest BCUT2D eigenvalue weighted by Gasteiger charge is 2.27. The van der Waals surface area contributed by atoms with Gasteiger partial charge in [-0.2, -0.15) is 4.98 Å². The van der Waals surface area contributed by atoms with Crippen LogP contribution in [-0.2, 0) is 11.3 Å². The lowest BCUT2D eigenvalue weighted by atomic mass is 9.97. The van der Waals surface area contributed by atoms with Gasteiger partial charge in [-0.1, -0.05) is 17.3 Å². The fourth-order valence-corrected chi connectivity index (χ4v) is 4.51. The summed E-state index contributed by atoms with van der Waals surface area (Å²) in [4.78, 5) is 30.7. The molecule has 1 N–H and O–H groups in total. The highest BCUT2D eigenvalue weighted by Crippen LogP contribution is 2.30. The van der Waals surface area contributed by atoms with Gasteiger partial charge in [0, 0.05) is 41.9 Å². The molecule has 4 aromatic rings. The number of amides is 1. The van der Waals surface area contributed by atoms with E-state index in [-0.39, 0.29) is 18.3 Å². The zero-order chi connectivity index (χ0) is 25.1. The van der Waals surface area contributed by atoms with Crippen LogP contribution >= 0.6 is 0 Å². The molecular weight excluding hydrogens is 467 g/mol. The van der Waals surface area contributed by atoms with E-state index in [2.05, 4.69) is 20.4 Å². The quantitative estimate of drug-likeness (QED) is 0.377. The van der Waals surface area contributed by atoms with Crippen LogP contribution < -0.4 is 10.9 Å². The summed E-state index contributed by atoms with van der Waals surface area (Å²) in [7, 11) is 0. The van der Waals surface area contributed by atoms with Crippen LogP contribution in [0, 0.1) is 5.82 Å². The largest absolute Gasteiger partial charge is 0.450 e. The molecule has 0 aliphatic carbocycles. The fraction of sp³-hybridized carbons (Fsp3) is 0.308. The molecule has 186 valence electrons. The van der Waals surface area contributed by atoms with Crippen molar-refractivity contribution >= 4 is 22.7 Å². The van der Waals surface area contributed by atoms with Crippen molar-refractivity contribution < 1.29 is 22.9 Å². The average Bonchev–Trinajstić information content (AvgIpc) is 3.35.